The Morgan fingerprint density at radius 2 is 1.29 bits per heavy atom. The average molecular weight is 446 g/mol. The monoisotopic (exact) mass is 445 g/mol. The summed E-state index contributed by atoms with van der Waals surface area (Å²) in [6.07, 6.45) is 3.84. The maximum absolute atomic E-state index is 6.88. The molecule has 0 fully saturated rings. The number of aromatic nitrogens is 2. The van der Waals surface area contributed by atoms with Crippen molar-refractivity contribution >= 4 is 44.7 Å². The Balaban J connectivity index is 1.85. The number of benzene rings is 4. The second kappa shape index (κ2) is 8.03. The number of halogens is 2. The molecule has 0 spiro atoms. The lowest BCUT2D eigenvalue weighted by Gasteiger charge is -2.10. The highest BCUT2D eigenvalue weighted by Crippen LogP contribution is 2.33. The van der Waals surface area contributed by atoms with Gasteiger partial charge in [-0.2, -0.15) is 9.13 Å². The molecule has 31 heavy (non-hydrogen) atoms. The fourth-order valence-electron chi connectivity index (χ4n) is 4.47. The van der Waals surface area contributed by atoms with Gasteiger partial charge in [-0.1, -0.05) is 86.6 Å². The molecular weight excluding hydrogens is 423 g/mol. The van der Waals surface area contributed by atoms with Crippen LogP contribution in [0.15, 0.2) is 79.1 Å². The summed E-state index contributed by atoms with van der Waals surface area (Å²) >= 11 is 13.8. The largest absolute Gasteiger partial charge is 0.260 e. The molecule has 0 aliphatic carbocycles. The van der Waals surface area contributed by atoms with Gasteiger partial charge >= 0.3 is 0 Å². The van der Waals surface area contributed by atoms with Gasteiger partial charge < -0.3 is 0 Å². The highest BCUT2D eigenvalue weighted by molar-refractivity contribution is 6.40. The minimum Gasteiger partial charge on any atom is -0.183 e. The number of rotatable bonds is 4. The SMILES string of the molecule is CCc1ccc2ccccc2c1-n1c[n+](-c2c(CC)ccc3ccccc23)c(Cl)c1Cl. The second-order valence-electron chi connectivity index (χ2n) is 7.73. The molecule has 0 atom stereocenters. The molecule has 2 nitrogen and oxygen atoms in total. The Morgan fingerprint density at radius 1 is 0.710 bits per heavy atom. The van der Waals surface area contributed by atoms with Crippen LogP contribution in [0.1, 0.15) is 25.0 Å². The lowest BCUT2D eigenvalue weighted by Crippen LogP contribution is -2.31. The average Bonchev–Trinajstić information content (AvgIpc) is 3.11. The molecule has 0 aliphatic rings. The van der Waals surface area contributed by atoms with Gasteiger partial charge in [0.15, 0.2) is 0 Å². The third-order valence-corrected chi connectivity index (χ3v) is 6.86. The molecule has 5 rings (SSSR count). The highest BCUT2D eigenvalue weighted by atomic mass is 35.5. The van der Waals surface area contributed by atoms with Crippen molar-refractivity contribution in [3.05, 3.63) is 101 Å². The van der Waals surface area contributed by atoms with E-state index in [4.69, 9.17) is 23.2 Å². The summed E-state index contributed by atoms with van der Waals surface area (Å²) in [5.74, 6) is 0. The zero-order chi connectivity index (χ0) is 21.5. The maximum Gasteiger partial charge on any atom is 0.260 e. The van der Waals surface area contributed by atoms with Gasteiger partial charge in [0.1, 0.15) is 11.4 Å². The normalized spacial score (nSPS) is 11.5. The number of fused-ring (bicyclic) bond motifs is 2. The van der Waals surface area contributed by atoms with E-state index >= 15 is 0 Å². The van der Waals surface area contributed by atoms with Gasteiger partial charge in [0, 0.05) is 10.8 Å². The van der Waals surface area contributed by atoms with E-state index in [9.17, 15) is 0 Å². The molecule has 0 amide bonds. The zero-order valence-corrected chi connectivity index (χ0v) is 19.1. The Bertz CT molecular complexity index is 1320. The summed E-state index contributed by atoms with van der Waals surface area (Å²) in [6, 6.07) is 25.5. The van der Waals surface area contributed by atoms with Crippen molar-refractivity contribution in [2.45, 2.75) is 26.7 Å². The van der Waals surface area contributed by atoms with Crippen LogP contribution in [-0.2, 0) is 12.8 Å². The molecule has 1 aromatic heterocycles. The quantitative estimate of drug-likeness (QED) is 0.253. The molecule has 0 aliphatic heterocycles. The van der Waals surface area contributed by atoms with Crippen molar-refractivity contribution in [3.63, 3.8) is 0 Å². The first-order valence-electron chi connectivity index (χ1n) is 10.6. The van der Waals surface area contributed by atoms with Gasteiger partial charge in [0.2, 0.25) is 0 Å². The zero-order valence-electron chi connectivity index (χ0n) is 17.6. The van der Waals surface area contributed by atoms with Crippen LogP contribution in [0.5, 0.6) is 0 Å². The number of hydrogen-bond acceptors (Lipinski definition) is 0. The van der Waals surface area contributed by atoms with E-state index in [1.54, 1.807) is 0 Å². The van der Waals surface area contributed by atoms with Crippen LogP contribution in [0.25, 0.3) is 32.9 Å². The third-order valence-electron chi connectivity index (χ3n) is 6.04. The van der Waals surface area contributed by atoms with Crippen molar-refractivity contribution in [3.8, 4) is 11.4 Å². The van der Waals surface area contributed by atoms with Crippen molar-refractivity contribution in [1.82, 2.24) is 4.57 Å². The van der Waals surface area contributed by atoms with Crippen LogP contribution in [-0.4, -0.2) is 4.57 Å². The summed E-state index contributed by atoms with van der Waals surface area (Å²) in [6.45, 7) is 4.33. The first kappa shape index (κ1) is 20.1. The van der Waals surface area contributed by atoms with Gasteiger partial charge in [-0.15, -0.1) is 0 Å². The Kier molecular flexibility index (Phi) is 5.21. The van der Waals surface area contributed by atoms with Crippen LogP contribution >= 0.6 is 23.2 Å². The smallest absolute Gasteiger partial charge is 0.183 e. The number of aryl methyl sites for hydroxylation is 2. The van der Waals surface area contributed by atoms with E-state index < -0.39 is 0 Å². The first-order valence-corrected chi connectivity index (χ1v) is 11.4. The number of imidazole rings is 1. The van der Waals surface area contributed by atoms with Gasteiger partial charge in [0.05, 0.1) is 0 Å². The minimum atomic E-state index is 0.516. The van der Waals surface area contributed by atoms with E-state index in [2.05, 4.69) is 86.6 Å². The summed E-state index contributed by atoms with van der Waals surface area (Å²) in [5.41, 5.74) is 4.63. The van der Waals surface area contributed by atoms with E-state index in [1.165, 1.54) is 21.9 Å². The minimum absolute atomic E-state index is 0.516. The first-order chi connectivity index (χ1) is 15.1. The third kappa shape index (κ3) is 3.22. The molecule has 0 saturated carbocycles. The van der Waals surface area contributed by atoms with Gasteiger partial charge in [-0.3, -0.25) is 0 Å². The van der Waals surface area contributed by atoms with Crippen LogP contribution in [0.3, 0.4) is 0 Å². The standard InChI is InChI=1S/C27H23Cl2N2/c1-3-18-13-15-20-9-5-7-11-22(20)24(18)30-17-31(27(29)26(30)28)25-19(4-2)14-16-21-10-6-8-12-23(21)25/h5-17H,3-4H2,1-2H3/q+1. The van der Waals surface area contributed by atoms with Gasteiger partial charge in [-0.25, -0.2) is 0 Å². The molecule has 4 aromatic carbocycles. The summed E-state index contributed by atoms with van der Waals surface area (Å²) in [4.78, 5) is 0. The van der Waals surface area contributed by atoms with Gasteiger partial charge in [-0.05, 0) is 57.9 Å². The molecule has 0 N–H and O–H groups in total. The molecule has 4 heteroatoms. The lowest BCUT2D eigenvalue weighted by atomic mass is 10.0. The molecule has 154 valence electrons. The van der Waals surface area contributed by atoms with E-state index in [0.717, 1.165) is 35.0 Å². The molecule has 0 radical (unpaired) electrons. The van der Waals surface area contributed by atoms with Crippen molar-refractivity contribution in [2.24, 2.45) is 0 Å². The molecule has 5 aromatic rings. The summed E-state index contributed by atoms with van der Waals surface area (Å²) in [5, 5.41) is 5.72. The fraction of sp³-hybridized carbons (Fsp3) is 0.148. The van der Waals surface area contributed by atoms with Crippen molar-refractivity contribution in [1.29, 1.82) is 0 Å². The van der Waals surface area contributed by atoms with Crippen molar-refractivity contribution in [2.75, 3.05) is 0 Å². The lowest BCUT2D eigenvalue weighted by molar-refractivity contribution is -0.591. The van der Waals surface area contributed by atoms with Crippen LogP contribution < -0.4 is 4.57 Å². The van der Waals surface area contributed by atoms with Crippen LogP contribution in [0.4, 0.5) is 0 Å². The highest BCUT2D eigenvalue weighted by Gasteiger charge is 2.28. The van der Waals surface area contributed by atoms with Crippen LogP contribution in [0.2, 0.25) is 10.3 Å². The Labute approximate surface area is 192 Å². The van der Waals surface area contributed by atoms with E-state index in [-0.39, 0.29) is 0 Å². The second-order valence-corrected chi connectivity index (χ2v) is 8.45. The predicted molar refractivity (Wildman–Crippen MR) is 131 cm³/mol. The fourth-order valence-corrected chi connectivity index (χ4v) is 4.91. The maximum atomic E-state index is 6.88. The van der Waals surface area contributed by atoms with Crippen LogP contribution in [0, 0.1) is 0 Å². The summed E-state index contributed by atoms with van der Waals surface area (Å²) < 4.78 is 4.07. The molecule has 0 saturated heterocycles. The number of hydrogen-bond donors (Lipinski definition) is 0. The Hall–Kier alpha value is -2.81. The predicted octanol–water partition coefficient (Wildman–Crippen LogP) is 7.49. The van der Waals surface area contributed by atoms with E-state index in [0.29, 0.717) is 10.3 Å². The van der Waals surface area contributed by atoms with Gasteiger partial charge in [0.25, 0.3) is 16.6 Å². The van der Waals surface area contributed by atoms with E-state index in [1.807, 2.05) is 15.5 Å². The Morgan fingerprint density at radius 3 is 1.97 bits per heavy atom. The number of nitrogens with zero attached hydrogens (tertiary/aromatic N) is 2. The molecule has 0 bridgehead atoms. The van der Waals surface area contributed by atoms with Crippen molar-refractivity contribution < 1.29 is 4.57 Å². The molecular formula is C27H23Cl2N2+. The molecule has 1 heterocycles. The summed E-state index contributed by atoms with van der Waals surface area (Å²) in [7, 11) is 0. The topological polar surface area (TPSA) is 8.81 Å². The molecule has 0 unspecified atom stereocenters.